The molecule has 0 saturated heterocycles. The van der Waals surface area contributed by atoms with E-state index in [1.807, 2.05) is 6.07 Å². The summed E-state index contributed by atoms with van der Waals surface area (Å²) in [4.78, 5) is 4.22. The first-order chi connectivity index (χ1) is 13.9. The second-order valence-corrected chi connectivity index (χ2v) is 7.65. The van der Waals surface area contributed by atoms with E-state index in [9.17, 15) is 8.42 Å². The number of rotatable bonds is 8. The molecule has 3 rings (SSSR count). The minimum atomic E-state index is -3.89. The molecule has 1 N–H and O–H groups in total. The third-order valence-corrected chi connectivity index (χ3v) is 5.21. The SMILES string of the molecule is COCCOc1ccc(S(=O)(=O)Nc2nc(C)nn2-c2ccc(C#N)cc2)cc1. The largest absolute Gasteiger partial charge is 0.491 e. The van der Waals surface area contributed by atoms with Crippen molar-refractivity contribution in [3.63, 3.8) is 0 Å². The predicted octanol–water partition coefficient (Wildman–Crippen LogP) is 2.27. The van der Waals surface area contributed by atoms with Gasteiger partial charge in [0.05, 0.1) is 28.8 Å². The highest BCUT2D eigenvalue weighted by Gasteiger charge is 2.19. The first-order valence-corrected chi connectivity index (χ1v) is 10.1. The van der Waals surface area contributed by atoms with Gasteiger partial charge in [0.25, 0.3) is 10.0 Å². The third-order valence-electron chi connectivity index (χ3n) is 3.87. The molecule has 1 heterocycles. The van der Waals surface area contributed by atoms with Crippen LogP contribution < -0.4 is 9.46 Å². The van der Waals surface area contributed by atoms with Gasteiger partial charge in [0.15, 0.2) is 0 Å². The van der Waals surface area contributed by atoms with Crippen LogP contribution in [-0.2, 0) is 14.8 Å². The van der Waals surface area contributed by atoms with Crippen LogP contribution in [0.4, 0.5) is 5.95 Å². The lowest BCUT2D eigenvalue weighted by molar-refractivity contribution is 0.146. The summed E-state index contributed by atoms with van der Waals surface area (Å²) in [5.74, 6) is 0.985. The fraction of sp³-hybridized carbons (Fsp3) is 0.211. The number of aryl methyl sites for hydroxylation is 1. The number of ether oxygens (including phenoxy) is 2. The van der Waals surface area contributed by atoms with Crippen LogP contribution in [0, 0.1) is 18.3 Å². The average molecular weight is 413 g/mol. The van der Waals surface area contributed by atoms with Gasteiger partial charge in [0.1, 0.15) is 18.2 Å². The van der Waals surface area contributed by atoms with Crippen molar-refractivity contribution in [3.05, 3.63) is 59.9 Å². The van der Waals surface area contributed by atoms with E-state index in [2.05, 4.69) is 14.8 Å². The number of aromatic nitrogens is 3. The Morgan fingerprint density at radius 3 is 2.41 bits per heavy atom. The predicted molar refractivity (Wildman–Crippen MR) is 105 cm³/mol. The molecule has 0 unspecified atom stereocenters. The molecule has 10 heteroatoms. The van der Waals surface area contributed by atoms with Gasteiger partial charge >= 0.3 is 0 Å². The zero-order chi connectivity index (χ0) is 20.9. The molecule has 9 nitrogen and oxygen atoms in total. The highest BCUT2D eigenvalue weighted by molar-refractivity contribution is 7.92. The molecule has 1 aromatic heterocycles. The number of hydrogen-bond donors (Lipinski definition) is 1. The van der Waals surface area contributed by atoms with E-state index in [0.717, 1.165) is 0 Å². The van der Waals surface area contributed by atoms with Crippen LogP contribution in [-0.4, -0.2) is 43.5 Å². The van der Waals surface area contributed by atoms with Crippen molar-refractivity contribution in [1.29, 1.82) is 5.26 Å². The van der Waals surface area contributed by atoms with Gasteiger partial charge in [-0.05, 0) is 55.5 Å². The Bertz CT molecular complexity index is 1120. The third kappa shape index (κ3) is 4.90. The first kappa shape index (κ1) is 20.3. The molecule has 0 fully saturated rings. The summed E-state index contributed by atoms with van der Waals surface area (Å²) >= 11 is 0. The van der Waals surface area contributed by atoms with Crippen LogP contribution >= 0.6 is 0 Å². The van der Waals surface area contributed by atoms with Crippen LogP contribution in [0.25, 0.3) is 5.69 Å². The maximum absolute atomic E-state index is 12.8. The maximum atomic E-state index is 12.8. The summed E-state index contributed by atoms with van der Waals surface area (Å²) in [6.45, 7) is 2.46. The molecule has 0 amide bonds. The van der Waals surface area contributed by atoms with Crippen molar-refractivity contribution >= 4 is 16.0 Å². The summed E-state index contributed by atoms with van der Waals surface area (Å²) in [7, 11) is -2.32. The van der Waals surface area contributed by atoms with Gasteiger partial charge < -0.3 is 9.47 Å². The molecule has 0 aliphatic rings. The van der Waals surface area contributed by atoms with Gasteiger partial charge in [-0.1, -0.05) is 0 Å². The van der Waals surface area contributed by atoms with Crippen LogP contribution in [0.15, 0.2) is 53.4 Å². The average Bonchev–Trinajstić information content (AvgIpc) is 3.08. The molecular weight excluding hydrogens is 394 g/mol. The van der Waals surface area contributed by atoms with Crippen molar-refractivity contribution in [2.75, 3.05) is 25.0 Å². The lowest BCUT2D eigenvalue weighted by Gasteiger charge is -2.10. The van der Waals surface area contributed by atoms with Crippen molar-refractivity contribution in [3.8, 4) is 17.5 Å². The zero-order valence-electron chi connectivity index (χ0n) is 15.9. The smallest absolute Gasteiger partial charge is 0.264 e. The molecule has 0 radical (unpaired) electrons. The van der Waals surface area contributed by atoms with Crippen molar-refractivity contribution in [1.82, 2.24) is 14.8 Å². The lowest BCUT2D eigenvalue weighted by atomic mass is 10.2. The molecule has 2 aromatic carbocycles. The van der Waals surface area contributed by atoms with Crippen molar-refractivity contribution < 1.29 is 17.9 Å². The Balaban J connectivity index is 1.82. The zero-order valence-corrected chi connectivity index (χ0v) is 16.7. The number of nitrogens with one attached hydrogen (secondary N) is 1. The Labute approximate surface area is 168 Å². The van der Waals surface area contributed by atoms with Gasteiger partial charge in [-0.2, -0.15) is 14.9 Å². The van der Waals surface area contributed by atoms with Crippen molar-refractivity contribution in [2.45, 2.75) is 11.8 Å². The summed E-state index contributed by atoms with van der Waals surface area (Å²) in [5, 5.41) is 13.2. The van der Waals surface area contributed by atoms with E-state index in [-0.39, 0.29) is 10.8 Å². The minimum absolute atomic E-state index is 0.0487. The van der Waals surface area contributed by atoms with E-state index in [0.29, 0.717) is 36.0 Å². The van der Waals surface area contributed by atoms with E-state index >= 15 is 0 Å². The van der Waals surface area contributed by atoms with Crippen molar-refractivity contribution in [2.24, 2.45) is 0 Å². The molecule has 29 heavy (non-hydrogen) atoms. The lowest BCUT2D eigenvalue weighted by Crippen LogP contribution is -2.16. The molecule has 0 aliphatic heterocycles. The second kappa shape index (κ2) is 8.72. The van der Waals surface area contributed by atoms with Crippen LogP contribution in [0.5, 0.6) is 5.75 Å². The first-order valence-electron chi connectivity index (χ1n) is 8.62. The van der Waals surface area contributed by atoms with Gasteiger partial charge in [-0.3, -0.25) is 0 Å². The fourth-order valence-electron chi connectivity index (χ4n) is 2.48. The molecule has 3 aromatic rings. The molecule has 0 spiro atoms. The Morgan fingerprint density at radius 1 is 1.10 bits per heavy atom. The molecular formula is C19H19N5O4S. The van der Waals surface area contributed by atoms with Crippen LogP contribution in [0.2, 0.25) is 0 Å². The number of nitriles is 1. The summed E-state index contributed by atoms with van der Waals surface area (Å²) in [6.07, 6.45) is 0. The molecule has 0 saturated carbocycles. The molecule has 0 atom stereocenters. The van der Waals surface area contributed by atoms with E-state index in [1.165, 1.54) is 16.8 Å². The minimum Gasteiger partial charge on any atom is -0.491 e. The molecule has 0 bridgehead atoms. The number of hydrogen-bond acceptors (Lipinski definition) is 7. The number of anilines is 1. The van der Waals surface area contributed by atoms with Gasteiger partial charge in [0, 0.05) is 7.11 Å². The highest BCUT2D eigenvalue weighted by Crippen LogP contribution is 2.21. The van der Waals surface area contributed by atoms with E-state index in [4.69, 9.17) is 14.7 Å². The Hall–Kier alpha value is -3.42. The number of sulfonamides is 1. The van der Waals surface area contributed by atoms with Gasteiger partial charge in [0.2, 0.25) is 5.95 Å². The fourth-order valence-corrected chi connectivity index (χ4v) is 3.46. The molecule has 150 valence electrons. The number of benzene rings is 2. The highest BCUT2D eigenvalue weighted by atomic mass is 32.2. The Kier molecular flexibility index (Phi) is 6.11. The summed E-state index contributed by atoms with van der Waals surface area (Å²) in [5.41, 5.74) is 1.06. The number of nitrogens with zero attached hydrogens (tertiary/aromatic N) is 4. The van der Waals surface area contributed by atoms with E-state index in [1.54, 1.807) is 50.4 Å². The maximum Gasteiger partial charge on any atom is 0.264 e. The van der Waals surface area contributed by atoms with Gasteiger partial charge in [-0.25, -0.2) is 13.1 Å². The van der Waals surface area contributed by atoms with Crippen LogP contribution in [0.1, 0.15) is 11.4 Å². The van der Waals surface area contributed by atoms with E-state index < -0.39 is 10.0 Å². The normalized spacial score (nSPS) is 11.1. The Morgan fingerprint density at radius 2 is 1.79 bits per heavy atom. The van der Waals surface area contributed by atoms with Crippen LogP contribution in [0.3, 0.4) is 0 Å². The quantitative estimate of drug-likeness (QED) is 0.563. The monoisotopic (exact) mass is 413 g/mol. The summed E-state index contributed by atoms with van der Waals surface area (Å²) in [6, 6.07) is 14.6. The standard InChI is InChI=1S/C19H19N5O4S/c1-14-21-19(24(22-14)16-5-3-15(13-20)4-6-16)23-29(25,26)18-9-7-17(8-10-18)28-12-11-27-2/h3-10H,11-12H2,1-2H3,(H,21,22,23). The summed E-state index contributed by atoms with van der Waals surface area (Å²) < 4.78 is 39.7. The molecule has 0 aliphatic carbocycles. The topological polar surface area (TPSA) is 119 Å². The van der Waals surface area contributed by atoms with Gasteiger partial charge in [-0.15, -0.1) is 5.10 Å². The second-order valence-electron chi connectivity index (χ2n) is 5.97. The number of methoxy groups -OCH3 is 1.